The smallest absolute Gasteiger partial charge is 0.336 e. The molecule has 6 aromatic carbocycles. The maximum atomic E-state index is 14.1. The summed E-state index contributed by atoms with van der Waals surface area (Å²) in [4.78, 5) is 54.1. The molecule has 6 rings (SSSR count). The molecule has 0 saturated carbocycles. The van der Waals surface area contributed by atoms with Gasteiger partial charge in [0, 0.05) is 33.4 Å². The summed E-state index contributed by atoms with van der Waals surface area (Å²) in [5.74, 6) is -3.71. The Balaban J connectivity index is 1.86. The van der Waals surface area contributed by atoms with Gasteiger partial charge in [-0.05, 0) is 34.0 Å². The summed E-state index contributed by atoms with van der Waals surface area (Å²) >= 11 is 0. The molecule has 0 bridgehead atoms. The van der Waals surface area contributed by atoms with Crippen molar-refractivity contribution >= 4 is 34.3 Å². The minimum atomic E-state index is -1.33. The van der Waals surface area contributed by atoms with Gasteiger partial charge in [-0.15, -0.1) is 0 Å². The molecule has 6 heteroatoms. The van der Waals surface area contributed by atoms with Crippen LogP contribution in [0.2, 0.25) is 0 Å². The van der Waals surface area contributed by atoms with Crippen LogP contribution in [0.15, 0.2) is 133 Å². The molecule has 0 aliphatic heterocycles. The van der Waals surface area contributed by atoms with Crippen LogP contribution in [-0.4, -0.2) is 33.7 Å². The third kappa shape index (κ3) is 4.95. The van der Waals surface area contributed by atoms with Crippen LogP contribution in [-0.2, 0) is 0 Å². The minimum Gasteiger partial charge on any atom is -0.478 e. The standard InChI is InChI=1S/C38H24O6/c39-35(25-17-9-3-10-18-25)33-29(37(41)42)22-28-27(31(33)23-13-5-1-6-14-23)21-30(38(43)44)34(32(28)24-15-7-2-8-16-24)36(40)26-19-11-4-12-20-26/h1-22H,(H,41,42)(H,43,44). The fraction of sp³-hybridized carbons (Fsp3) is 0. The molecule has 0 heterocycles. The van der Waals surface area contributed by atoms with E-state index in [1.807, 2.05) is 0 Å². The molecule has 0 saturated heterocycles. The third-order valence-electron chi connectivity index (χ3n) is 7.56. The first kappa shape index (κ1) is 28.0. The van der Waals surface area contributed by atoms with E-state index >= 15 is 0 Å². The molecule has 44 heavy (non-hydrogen) atoms. The Kier molecular flexibility index (Phi) is 7.40. The molecule has 212 valence electrons. The highest BCUT2D eigenvalue weighted by molar-refractivity contribution is 6.27. The Labute approximate surface area is 252 Å². The van der Waals surface area contributed by atoms with Crippen LogP contribution in [0, 0.1) is 0 Å². The van der Waals surface area contributed by atoms with Crippen molar-refractivity contribution < 1.29 is 29.4 Å². The fourth-order valence-electron chi connectivity index (χ4n) is 5.63. The van der Waals surface area contributed by atoms with Crippen LogP contribution in [0.1, 0.15) is 52.6 Å². The van der Waals surface area contributed by atoms with Crippen LogP contribution < -0.4 is 0 Å². The van der Waals surface area contributed by atoms with E-state index in [0.29, 0.717) is 21.9 Å². The van der Waals surface area contributed by atoms with Crippen LogP contribution in [0.3, 0.4) is 0 Å². The van der Waals surface area contributed by atoms with E-state index in [0.717, 1.165) is 0 Å². The van der Waals surface area contributed by atoms with Crippen molar-refractivity contribution in [3.63, 3.8) is 0 Å². The molecular formula is C38H24O6. The molecule has 0 aromatic heterocycles. The van der Waals surface area contributed by atoms with Gasteiger partial charge in [0.25, 0.3) is 0 Å². The second-order valence-corrected chi connectivity index (χ2v) is 10.2. The van der Waals surface area contributed by atoms with Crippen molar-refractivity contribution in [2.45, 2.75) is 0 Å². The summed E-state index contributed by atoms with van der Waals surface area (Å²) in [6.07, 6.45) is 0. The van der Waals surface area contributed by atoms with E-state index in [-0.39, 0.29) is 44.5 Å². The molecule has 6 aromatic rings. The number of hydrogen-bond donors (Lipinski definition) is 2. The van der Waals surface area contributed by atoms with Gasteiger partial charge in [-0.25, -0.2) is 9.59 Å². The summed E-state index contributed by atoms with van der Waals surface area (Å²) in [6.45, 7) is 0. The van der Waals surface area contributed by atoms with Gasteiger partial charge in [-0.3, -0.25) is 9.59 Å². The lowest BCUT2D eigenvalue weighted by molar-refractivity contribution is 0.0683. The van der Waals surface area contributed by atoms with Gasteiger partial charge in [-0.1, -0.05) is 121 Å². The van der Waals surface area contributed by atoms with Gasteiger partial charge in [0.1, 0.15) is 0 Å². The van der Waals surface area contributed by atoms with E-state index in [4.69, 9.17) is 0 Å². The average Bonchev–Trinajstić information content (AvgIpc) is 3.07. The van der Waals surface area contributed by atoms with Crippen LogP contribution >= 0.6 is 0 Å². The number of carbonyl (C=O) groups is 4. The summed E-state index contributed by atoms with van der Waals surface area (Å²) in [5.41, 5.74) is 1.50. The van der Waals surface area contributed by atoms with E-state index < -0.39 is 23.5 Å². The zero-order valence-electron chi connectivity index (χ0n) is 23.2. The lowest BCUT2D eigenvalue weighted by atomic mass is 9.80. The number of hydrogen-bond acceptors (Lipinski definition) is 4. The number of carboxylic acids is 2. The molecule has 2 N–H and O–H groups in total. The summed E-state index contributed by atoms with van der Waals surface area (Å²) in [5, 5.41) is 21.7. The SMILES string of the molecule is O=C(O)c1cc2c(-c3ccccc3)c(C(=O)c3ccccc3)c(C(=O)O)cc2c(-c2ccccc2)c1C(=O)c1ccccc1. The van der Waals surface area contributed by atoms with Crippen molar-refractivity contribution in [3.8, 4) is 22.3 Å². The Morgan fingerprint density at radius 1 is 0.409 bits per heavy atom. The lowest BCUT2D eigenvalue weighted by Crippen LogP contribution is -2.15. The topological polar surface area (TPSA) is 109 Å². The molecule has 0 aliphatic rings. The number of aromatic carboxylic acids is 2. The lowest BCUT2D eigenvalue weighted by Gasteiger charge is -2.21. The first-order valence-electron chi connectivity index (χ1n) is 13.8. The maximum absolute atomic E-state index is 14.1. The number of carbonyl (C=O) groups excluding carboxylic acids is 2. The quantitative estimate of drug-likeness (QED) is 0.178. The van der Waals surface area contributed by atoms with E-state index in [1.165, 1.54) is 12.1 Å². The van der Waals surface area contributed by atoms with Gasteiger partial charge in [0.2, 0.25) is 0 Å². The molecule has 0 fully saturated rings. The normalized spacial score (nSPS) is 10.8. The predicted molar refractivity (Wildman–Crippen MR) is 168 cm³/mol. The molecule has 0 amide bonds. The Morgan fingerprint density at radius 3 is 1.00 bits per heavy atom. The van der Waals surface area contributed by atoms with Gasteiger partial charge >= 0.3 is 11.9 Å². The monoisotopic (exact) mass is 576 g/mol. The zero-order chi connectivity index (χ0) is 30.8. The first-order chi connectivity index (χ1) is 21.4. The number of rotatable bonds is 8. The van der Waals surface area contributed by atoms with Crippen molar-refractivity contribution in [2.75, 3.05) is 0 Å². The fourth-order valence-corrected chi connectivity index (χ4v) is 5.63. The van der Waals surface area contributed by atoms with E-state index in [2.05, 4.69) is 0 Å². The van der Waals surface area contributed by atoms with Crippen molar-refractivity contribution in [3.05, 3.63) is 167 Å². The van der Waals surface area contributed by atoms with Crippen molar-refractivity contribution in [2.24, 2.45) is 0 Å². The molecule has 0 radical (unpaired) electrons. The molecule has 0 spiro atoms. The van der Waals surface area contributed by atoms with Crippen LogP contribution in [0.5, 0.6) is 0 Å². The van der Waals surface area contributed by atoms with E-state index in [1.54, 1.807) is 121 Å². The maximum Gasteiger partial charge on any atom is 0.336 e. The van der Waals surface area contributed by atoms with Crippen molar-refractivity contribution in [1.82, 2.24) is 0 Å². The molecule has 6 nitrogen and oxygen atoms in total. The highest BCUT2D eigenvalue weighted by Crippen LogP contribution is 2.43. The van der Waals surface area contributed by atoms with Gasteiger partial charge in [0.15, 0.2) is 11.6 Å². The zero-order valence-corrected chi connectivity index (χ0v) is 23.2. The Hall–Kier alpha value is -6.14. The second kappa shape index (κ2) is 11.6. The largest absolute Gasteiger partial charge is 0.478 e. The number of fused-ring (bicyclic) bond motifs is 1. The van der Waals surface area contributed by atoms with Gasteiger partial charge in [0.05, 0.1) is 11.1 Å². The molecule has 0 atom stereocenters. The van der Waals surface area contributed by atoms with Crippen molar-refractivity contribution in [1.29, 1.82) is 0 Å². The summed E-state index contributed by atoms with van der Waals surface area (Å²) < 4.78 is 0. The Morgan fingerprint density at radius 2 is 0.705 bits per heavy atom. The summed E-state index contributed by atoms with van der Waals surface area (Å²) in [6, 6.07) is 37.0. The molecule has 0 unspecified atom stereocenters. The average molecular weight is 577 g/mol. The highest BCUT2D eigenvalue weighted by Gasteiger charge is 2.31. The van der Waals surface area contributed by atoms with Gasteiger partial charge in [-0.2, -0.15) is 0 Å². The molecular weight excluding hydrogens is 552 g/mol. The van der Waals surface area contributed by atoms with Crippen LogP contribution in [0.4, 0.5) is 0 Å². The van der Waals surface area contributed by atoms with Crippen LogP contribution in [0.25, 0.3) is 33.0 Å². The Bertz CT molecular complexity index is 1920. The van der Waals surface area contributed by atoms with E-state index in [9.17, 15) is 29.4 Å². The number of benzene rings is 6. The highest BCUT2D eigenvalue weighted by atomic mass is 16.4. The minimum absolute atomic E-state index is 0.0695. The van der Waals surface area contributed by atoms with Gasteiger partial charge < -0.3 is 10.2 Å². The second-order valence-electron chi connectivity index (χ2n) is 10.2. The third-order valence-corrected chi connectivity index (χ3v) is 7.56. The number of carboxylic acid groups (broad SMARTS) is 2. The predicted octanol–water partition coefficient (Wildman–Crippen LogP) is 8.03. The first-order valence-corrected chi connectivity index (χ1v) is 13.8. The molecule has 0 aliphatic carbocycles. The summed E-state index contributed by atoms with van der Waals surface area (Å²) in [7, 11) is 0. The number of ketones is 2.